The number of amides is 2. The highest BCUT2D eigenvalue weighted by atomic mass is 35.5. The molecule has 0 fully saturated rings. The lowest BCUT2D eigenvalue weighted by atomic mass is 10.1. The van der Waals surface area contributed by atoms with Crippen LogP contribution in [0, 0.1) is 0 Å². The van der Waals surface area contributed by atoms with E-state index in [1.54, 1.807) is 0 Å². The van der Waals surface area contributed by atoms with Gasteiger partial charge < -0.3 is 38.2 Å². The summed E-state index contributed by atoms with van der Waals surface area (Å²) in [6, 6.07) is 16.8. The molecule has 9 heteroatoms. The van der Waals surface area contributed by atoms with E-state index in [-0.39, 0.29) is 25.6 Å². The minimum absolute atomic E-state index is 0. The van der Waals surface area contributed by atoms with Crippen LogP contribution in [0.1, 0.15) is 30.9 Å². The maximum absolute atomic E-state index is 12.5. The Morgan fingerprint density at radius 1 is 0.875 bits per heavy atom. The summed E-state index contributed by atoms with van der Waals surface area (Å²) in [5.74, 6) is -1.02. The first kappa shape index (κ1) is 26.9. The fraction of sp³-hybridized carbons (Fsp3) is 0.348. The smallest absolute Gasteiger partial charge is 0.408 e. The molecule has 0 radical (unpaired) electrons. The number of esters is 1. The van der Waals surface area contributed by atoms with Crippen molar-refractivity contribution in [2.45, 2.75) is 45.1 Å². The van der Waals surface area contributed by atoms with Gasteiger partial charge in [0, 0.05) is 0 Å². The number of hydrogen-bond donors (Lipinski definition) is 3. The number of ether oxygens (including phenoxy) is 2. The van der Waals surface area contributed by atoms with Crippen molar-refractivity contribution in [1.82, 2.24) is 10.6 Å². The van der Waals surface area contributed by atoms with Gasteiger partial charge in [-0.2, -0.15) is 0 Å². The first-order valence-electron chi connectivity index (χ1n) is 10.3. The van der Waals surface area contributed by atoms with Crippen LogP contribution in [0.4, 0.5) is 4.79 Å². The predicted molar refractivity (Wildman–Crippen MR) is 114 cm³/mol. The van der Waals surface area contributed by atoms with E-state index in [9.17, 15) is 14.4 Å². The molecule has 32 heavy (non-hydrogen) atoms. The van der Waals surface area contributed by atoms with Crippen molar-refractivity contribution < 1.29 is 42.0 Å². The monoisotopic (exact) mass is 463 g/mol. The second-order valence-corrected chi connectivity index (χ2v) is 7.08. The second-order valence-electron chi connectivity index (χ2n) is 7.08. The average Bonchev–Trinajstić information content (AvgIpc) is 2.80. The molecule has 0 aromatic heterocycles. The Labute approximate surface area is 194 Å². The van der Waals surface area contributed by atoms with Crippen LogP contribution in [-0.4, -0.2) is 36.6 Å². The van der Waals surface area contributed by atoms with Crippen LogP contribution in [0.2, 0.25) is 0 Å². The van der Waals surface area contributed by atoms with Crippen molar-refractivity contribution in [2.75, 3.05) is 6.54 Å². The molecule has 0 unspecified atom stereocenters. The number of benzene rings is 2. The molecular formula is C23H30ClN3O5. The third kappa shape index (κ3) is 9.80. The molecule has 0 spiro atoms. The molecule has 2 rings (SSSR count). The van der Waals surface area contributed by atoms with Crippen LogP contribution in [-0.2, 0) is 32.3 Å². The molecule has 2 aromatic carbocycles. The molecule has 0 aliphatic carbocycles. The van der Waals surface area contributed by atoms with Crippen molar-refractivity contribution in [3.8, 4) is 0 Å². The van der Waals surface area contributed by atoms with Crippen LogP contribution in [0.5, 0.6) is 0 Å². The normalized spacial score (nSPS) is 11.9. The highest BCUT2D eigenvalue weighted by Gasteiger charge is 2.25. The van der Waals surface area contributed by atoms with E-state index in [1.807, 2.05) is 60.7 Å². The summed E-state index contributed by atoms with van der Waals surface area (Å²) < 4.78 is 10.5. The number of halogens is 1. The zero-order valence-electron chi connectivity index (χ0n) is 18.1. The second kappa shape index (κ2) is 14.8. The lowest BCUT2D eigenvalue weighted by molar-refractivity contribution is -0.368. The topological polar surface area (TPSA) is 121 Å². The van der Waals surface area contributed by atoms with Gasteiger partial charge in [0.1, 0.15) is 25.3 Å². The van der Waals surface area contributed by atoms with E-state index in [1.165, 1.54) is 6.92 Å². The van der Waals surface area contributed by atoms with Crippen LogP contribution < -0.4 is 28.8 Å². The number of nitrogens with one attached hydrogen (secondary N) is 2. The number of quaternary nitrogens is 1. The Hall–Kier alpha value is -3.10. The van der Waals surface area contributed by atoms with Gasteiger partial charge in [-0.05, 0) is 30.9 Å². The summed E-state index contributed by atoms with van der Waals surface area (Å²) in [5, 5.41) is 5.13. The molecule has 2 amide bonds. The summed E-state index contributed by atoms with van der Waals surface area (Å²) in [6.07, 6.45) is 0.327. The summed E-state index contributed by atoms with van der Waals surface area (Å²) >= 11 is 0. The quantitative estimate of drug-likeness (QED) is 0.352. The number of carbonyl (C=O) groups is 3. The fourth-order valence-electron chi connectivity index (χ4n) is 2.73. The maximum Gasteiger partial charge on any atom is 0.408 e. The standard InChI is InChI=1S/C23H29N3O5.ClH/c1-17(25-23(29)31-16-19-11-6-3-7-12-19)21(27)26-20(13-8-14-24)22(28)30-15-18-9-4-2-5-10-18;/h2-7,9-12,17,20H,8,13-16,24H2,1H3,(H,25,29)(H,26,27);1H/t17-,20-;/m0./s1. The summed E-state index contributed by atoms with van der Waals surface area (Å²) in [7, 11) is 0. The molecule has 0 saturated heterocycles. The SMILES string of the molecule is C[C@H](NC(=O)OCc1ccccc1)C(=O)N[C@@H](CCC[NH3+])C(=O)OCc1ccccc1.[Cl-]. The van der Waals surface area contributed by atoms with Gasteiger partial charge >= 0.3 is 12.1 Å². The van der Waals surface area contributed by atoms with E-state index in [4.69, 9.17) is 9.47 Å². The lowest BCUT2D eigenvalue weighted by Gasteiger charge is -2.20. The molecule has 2 aromatic rings. The van der Waals surface area contributed by atoms with Gasteiger partial charge in [-0.3, -0.25) is 4.79 Å². The number of hydrogen-bond acceptors (Lipinski definition) is 5. The molecule has 5 N–H and O–H groups in total. The number of carbonyl (C=O) groups excluding carboxylic acids is 3. The third-order valence-electron chi connectivity index (χ3n) is 4.51. The fourth-order valence-corrected chi connectivity index (χ4v) is 2.73. The van der Waals surface area contributed by atoms with Crippen molar-refractivity contribution in [3.63, 3.8) is 0 Å². The van der Waals surface area contributed by atoms with E-state index < -0.39 is 30.1 Å². The molecule has 2 atom stereocenters. The Morgan fingerprint density at radius 3 is 1.94 bits per heavy atom. The van der Waals surface area contributed by atoms with Crippen molar-refractivity contribution in [2.24, 2.45) is 0 Å². The van der Waals surface area contributed by atoms with Gasteiger partial charge in [0.25, 0.3) is 0 Å². The highest BCUT2D eigenvalue weighted by molar-refractivity contribution is 5.89. The predicted octanol–water partition coefficient (Wildman–Crippen LogP) is -1.44. The molecule has 0 bridgehead atoms. The number of rotatable bonds is 11. The third-order valence-corrected chi connectivity index (χ3v) is 4.51. The van der Waals surface area contributed by atoms with Crippen LogP contribution in [0.25, 0.3) is 0 Å². The van der Waals surface area contributed by atoms with Crippen LogP contribution >= 0.6 is 0 Å². The van der Waals surface area contributed by atoms with Gasteiger partial charge in [-0.15, -0.1) is 0 Å². The van der Waals surface area contributed by atoms with Crippen molar-refractivity contribution in [3.05, 3.63) is 71.8 Å². The molecule has 0 aliphatic rings. The molecule has 0 heterocycles. The Balaban J connectivity index is 0.00000512. The maximum atomic E-state index is 12.5. The van der Waals surface area contributed by atoms with Gasteiger partial charge in [0.05, 0.1) is 6.54 Å². The minimum Gasteiger partial charge on any atom is -1.00 e. The summed E-state index contributed by atoms with van der Waals surface area (Å²) in [6.45, 7) is 2.36. The van der Waals surface area contributed by atoms with Crippen LogP contribution in [0.15, 0.2) is 60.7 Å². The highest BCUT2D eigenvalue weighted by Crippen LogP contribution is 2.06. The molecule has 8 nitrogen and oxygen atoms in total. The van der Waals surface area contributed by atoms with E-state index >= 15 is 0 Å². The minimum atomic E-state index is -0.882. The van der Waals surface area contributed by atoms with E-state index in [2.05, 4.69) is 16.4 Å². The van der Waals surface area contributed by atoms with Crippen LogP contribution in [0.3, 0.4) is 0 Å². The summed E-state index contributed by atoms with van der Waals surface area (Å²) in [4.78, 5) is 37.0. The summed E-state index contributed by atoms with van der Waals surface area (Å²) in [5.41, 5.74) is 5.46. The van der Waals surface area contributed by atoms with Crippen molar-refractivity contribution in [1.29, 1.82) is 0 Å². The number of alkyl carbamates (subject to hydrolysis) is 1. The molecule has 0 saturated carbocycles. The Kier molecular flexibility index (Phi) is 12.5. The van der Waals surface area contributed by atoms with Gasteiger partial charge in [-0.1, -0.05) is 60.7 Å². The Morgan fingerprint density at radius 2 is 1.41 bits per heavy atom. The van der Waals surface area contributed by atoms with E-state index in [0.29, 0.717) is 19.4 Å². The van der Waals surface area contributed by atoms with Gasteiger partial charge in [0.2, 0.25) is 5.91 Å². The largest absolute Gasteiger partial charge is 1.00 e. The zero-order chi connectivity index (χ0) is 22.5. The lowest BCUT2D eigenvalue weighted by Crippen LogP contribution is -3.00. The molecule has 174 valence electrons. The molecule has 0 aliphatic heterocycles. The van der Waals surface area contributed by atoms with Gasteiger partial charge in [-0.25, -0.2) is 9.59 Å². The zero-order valence-corrected chi connectivity index (χ0v) is 18.8. The van der Waals surface area contributed by atoms with Gasteiger partial charge in [0.15, 0.2) is 0 Å². The first-order chi connectivity index (χ1) is 15.0. The van der Waals surface area contributed by atoms with Crippen molar-refractivity contribution >= 4 is 18.0 Å². The molecular weight excluding hydrogens is 434 g/mol. The Bertz CT molecular complexity index is 836. The van der Waals surface area contributed by atoms with E-state index in [0.717, 1.165) is 11.1 Å². The first-order valence-corrected chi connectivity index (χ1v) is 10.3. The average molecular weight is 464 g/mol.